The molecule has 0 aromatic heterocycles. The lowest BCUT2D eigenvalue weighted by Crippen LogP contribution is -2.67. The lowest BCUT2D eigenvalue weighted by Gasteiger charge is -2.72. The highest BCUT2D eigenvalue weighted by molar-refractivity contribution is 5.78. The van der Waals surface area contributed by atoms with E-state index in [1.807, 2.05) is 0 Å². The smallest absolute Gasteiger partial charge is 0.309 e. The van der Waals surface area contributed by atoms with Crippen molar-refractivity contribution in [2.75, 3.05) is 6.61 Å². The highest BCUT2D eigenvalue weighted by Gasteiger charge is 2.72. The van der Waals surface area contributed by atoms with Gasteiger partial charge in [0.15, 0.2) is 0 Å². The molecule has 5 saturated carbocycles. The molecule has 35 heavy (non-hydrogen) atoms. The average molecular weight is 487 g/mol. The zero-order valence-corrected chi connectivity index (χ0v) is 22.2. The Balaban J connectivity index is 1.57. The minimum atomic E-state index is -0.727. The summed E-state index contributed by atoms with van der Waals surface area (Å²) in [6.07, 6.45) is 9.29. The van der Waals surface area contributed by atoms with Gasteiger partial charge in [0, 0.05) is 5.41 Å². The number of carboxylic acids is 1. The van der Waals surface area contributed by atoms with Crippen LogP contribution in [0.5, 0.6) is 0 Å². The van der Waals surface area contributed by atoms with Crippen molar-refractivity contribution in [3.05, 3.63) is 12.2 Å². The summed E-state index contributed by atoms with van der Waals surface area (Å²) in [5, 5.41) is 31.8. The molecule has 3 N–H and O–H groups in total. The molecule has 0 spiro atoms. The van der Waals surface area contributed by atoms with Gasteiger partial charge in [0.2, 0.25) is 0 Å². The summed E-state index contributed by atoms with van der Waals surface area (Å²) >= 11 is 0. The Morgan fingerprint density at radius 3 is 2.26 bits per heavy atom. The van der Waals surface area contributed by atoms with Crippen LogP contribution in [0, 0.1) is 56.7 Å². The molecule has 5 rings (SSSR count). The van der Waals surface area contributed by atoms with E-state index in [9.17, 15) is 24.9 Å². The monoisotopic (exact) mass is 486 g/mol. The second-order valence-electron chi connectivity index (χ2n) is 14.2. The molecule has 0 bridgehead atoms. The first-order valence-electron chi connectivity index (χ1n) is 14.0. The molecular formula is C30H46O5. The Kier molecular flexibility index (Phi) is 5.74. The van der Waals surface area contributed by atoms with E-state index in [0.717, 1.165) is 57.7 Å². The van der Waals surface area contributed by atoms with Crippen LogP contribution in [0.25, 0.3) is 0 Å². The minimum Gasteiger partial charge on any atom is -0.481 e. The third-order valence-corrected chi connectivity index (χ3v) is 13.6. The zero-order valence-electron chi connectivity index (χ0n) is 22.2. The molecule has 5 aliphatic carbocycles. The first-order chi connectivity index (χ1) is 16.4. The van der Waals surface area contributed by atoms with Crippen LogP contribution in [0.3, 0.4) is 0 Å². The standard InChI is InChI=1S/C30H46O5/c1-18(16-31)19-8-13-30(25(34)35)15-14-28(4)20(24(19)30)6-7-22-26(2)11-10-23(33)27(3,17-32)21(26)9-12-29(22,28)5/h16,19-24,32-33H,1,6-15,17H2,2-5H3,(H,34,35)/t19-,20+,21+,22+,23+,24+,26-,27-,28+,29+,30-/m0/s1. The maximum atomic E-state index is 12.8. The maximum Gasteiger partial charge on any atom is 0.309 e. The van der Waals surface area contributed by atoms with Crippen molar-refractivity contribution in [3.8, 4) is 0 Å². The molecule has 0 unspecified atom stereocenters. The molecule has 5 aliphatic rings. The van der Waals surface area contributed by atoms with Crippen molar-refractivity contribution < 1.29 is 24.9 Å². The molecule has 0 aliphatic heterocycles. The van der Waals surface area contributed by atoms with Gasteiger partial charge in [-0.05, 0) is 116 Å². The number of rotatable bonds is 4. The number of hydrogen-bond acceptors (Lipinski definition) is 4. The van der Waals surface area contributed by atoms with Crippen molar-refractivity contribution in [1.82, 2.24) is 0 Å². The lowest BCUT2D eigenvalue weighted by atomic mass is 9.32. The highest BCUT2D eigenvalue weighted by Crippen LogP contribution is 2.77. The van der Waals surface area contributed by atoms with Crippen molar-refractivity contribution in [2.24, 2.45) is 56.7 Å². The van der Waals surface area contributed by atoms with Gasteiger partial charge in [-0.25, -0.2) is 0 Å². The van der Waals surface area contributed by atoms with Gasteiger partial charge in [0.25, 0.3) is 0 Å². The Morgan fingerprint density at radius 2 is 1.63 bits per heavy atom. The van der Waals surface area contributed by atoms with Crippen LogP contribution in [-0.4, -0.2) is 40.3 Å². The highest BCUT2D eigenvalue weighted by atomic mass is 16.4. The lowest BCUT2D eigenvalue weighted by molar-refractivity contribution is -0.254. The summed E-state index contributed by atoms with van der Waals surface area (Å²) in [4.78, 5) is 24.6. The average Bonchev–Trinajstić information content (AvgIpc) is 3.23. The molecule has 5 heteroatoms. The van der Waals surface area contributed by atoms with E-state index in [-0.39, 0.29) is 46.5 Å². The number of carbonyl (C=O) groups is 2. The van der Waals surface area contributed by atoms with Gasteiger partial charge in [-0.3, -0.25) is 9.59 Å². The topological polar surface area (TPSA) is 94.8 Å². The summed E-state index contributed by atoms with van der Waals surface area (Å²) < 4.78 is 0. The van der Waals surface area contributed by atoms with E-state index >= 15 is 0 Å². The largest absolute Gasteiger partial charge is 0.481 e. The Hall–Kier alpha value is -1.20. The number of fused-ring (bicyclic) bond motifs is 7. The van der Waals surface area contributed by atoms with Gasteiger partial charge < -0.3 is 15.3 Å². The van der Waals surface area contributed by atoms with E-state index in [1.54, 1.807) is 0 Å². The van der Waals surface area contributed by atoms with Crippen LogP contribution in [-0.2, 0) is 9.59 Å². The zero-order chi connectivity index (χ0) is 25.6. The third-order valence-electron chi connectivity index (χ3n) is 13.6. The Morgan fingerprint density at radius 1 is 0.914 bits per heavy atom. The first-order valence-corrected chi connectivity index (χ1v) is 14.0. The Labute approximate surface area is 210 Å². The molecule has 11 atom stereocenters. The van der Waals surface area contributed by atoms with Crippen LogP contribution in [0.2, 0.25) is 0 Å². The molecule has 0 aromatic rings. The van der Waals surface area contributed by atoms with Crippen molar-refractivity contribution in [1.29, 1.82) is 0 Å². The molecule has 5 nitrogen and oxygen atoms in total. The van der Waals surface area contributed by atoms with Crippen molar-refractivity contribution in [3.63, 3.8) is 0 Å². The predicted molar refractivity (Wildman–Crippen MR) is 134 cm³/mol. The number of aliphatic carboxylic acids is 1. The number of hydrogen-bond donors (Lipinski definition) is 3. The summed E-state index contributed by atoms with van der Waals surface area (Å²) in [5.41, 5.74) is -0.471. The number of carbonyl (C=O) groups excluding carboxylic acids is 1. The molecule has 196 valence electrons. The predicted octanol–water partition coefficient (Wildman–Crippen LogP) is 5.24. The summed E-state index contributed by atoms with van der Waals surface area (Å²) in [6, 6.07) is 0. The van der Waals surface area contributed by atoms with Crippen molar-refractivity contribution >= 4 is 12.3 Å². The summed E-state index contributed by atoms with van der Waals surface area (Å²) in [7, 11) is 0. The molecular weight excluding hydrogens is 440 g/mol. The molecule has 0 saturated heterocycles. The van der Waals surface area contributed by atoms with Gasteiger partial charge >= 0.3 is 5.97 Å². The SMILES string of the molecule is C=C(C=O)[C@@H]1CC[C@]2(C(=O)O)CC[C@]3(C)[C@H](CC[C@@H]4[C@@]5(C)CC[C@@H](O)[C@@](C)(CO)[C@@H]5CC[C@]43C)[C@@H]12. The number of allylic oxidation sites excluding steroid dienone is 1. The first kappa shape index (κ1) is 25.4. The number of carboxylic acid groups (broad SMARTS) is 1. The third kappa shape index (κ3) is 2.94. The fraction of sp³-hybridized carbons (Fsp3) is 0.867. The molecule has 0 radical (unpaired) electrons. The number of aliphatic hydroxyl groups excluding tert-OH is 2. The molecule has 5 fully saturated rings. The van der Waals surface area contributed by atoms with Crippen LogP contribution in [0.15, 0.2) is 12.2 Å². The summed E-state index contributed by atoms with van der Waals surface area (Å²) in [6.45, 7) is 13.6. The van der Waals surface area contributed by atoms with E-state index in [4.69, 9.17) is 0 Å². The van der Waals surface area contributed by atoms with E-state index in [1.165, 1.54) is 0 Å². The van der Waals surface area contributed by atoms with Crippen LogP contribution >= 0.6 is 0 Å². The van der Waals surface area contributed by atoms with Crippen LogP contribution in [0.1, 0.15) is 91.9 Å². The van der Waals surface area contributed by atoms with Crippen LogP contribution in [0.4, 0.5) is 0 Å². The normalized spacial score (nSPS) is 55.1. The van der Waals surface area contributed by atoms with Gasteiger partial charge in [0.05, 0.1) is 18.1 Å². The minimum absolute atomic E-state index is 0.00491. The Bertz CT molecular complexity index is 930. The van der Waals surface area contributed by atoms with Gasteiger partial charge in [0.1, 0.15) is 6.29 Å². The van der Waals surface area contributed by atoms with E-state index in [2.05, 4.69) is 34.3 Å². The van der Waals surface area contributed by atoms with E-state index < -0.39 is 22.9 Å². The van der Waals surface area contributed by atoms with Crippen LogP contribution < -0.4 is 0 Å². The van der Waals surface area contributed by atoms with Crippen molar-refractivity contribution in [2.45, 2.75) is 98.0 Å². The second kappa shape index (κ2) is 7.90. The summed E-state index contributed by atoms with van der Waals surface area (Å²) in [5.74, 6) is 0.334. The fourth-order valence-electron chi connectivity index (χ4n) is 11.5. The van der Waals surface area contributed by atoms with E-state index in [0.29, 0.717) is 24.3 Å². The van der Waals surface area contributed by atoms with Gasteiger partial charge in [-0.2, -0.15) is 0 Å². The fourth-order valence-corrected chi connectivity index (χ4v) is 11.5. The number of aldehydes is 1. The molecule has 0 amide bonds. The maximum absolute atomic E-state index is 12.8. The quantitative estimate of drug-likeness (QED) is 0.373. The second-order valence-corrected chi connectivity index (χ2v) is 14.2. The van der Waals surface area contributed by atoms with Gasteiger partial charge in [-0.15, -0.1) is 0 Å². The molecule has 0 aromatic carbocycles. The number of aliphatic hydroxyl groups is 2. The molecule has 0 heterocycles. The van der Waals surface area contributed by atoms with Gasteiger partial charge in [-0.1, -0.05) is 34.3 Å².